The van der Waals surface area contributed by atoms with E-state index in [1.807, 2.05) is 24.3 Å². The highest BCUT2D eigenvalue weighted by atomic mass is 16.4. The summed E-state index contributed by atoms with van der Waals surface area (Å²) >= 11 is 0. The van der Waals surface area contributed by atoms with Gasteiger partial charge in [-0.2, -0.15) is 0 Å². The number of aliphatic carboxylic acids is 4. The molecule has 0 unspecified atom stereocenters. The predicted octanol–water partition coefficient (Wildman–Crippen LogP) is 5.89. The number of rotatable bonds is 29. The molecular formula is C66H68N4O16. The van der Waals surface area contributed by atoms with Crippen molar-refractivity contribution >= 4 is 70.6 Å². The highest BCUT2D eigenvalue weighted by molar-refractivity contribution is 5.98. The molecule has 0 fully saturated rings. The summed E-state index contributed by atoms with van der Waals surface area (Å²) in [6.45, 7) is 4.43. The largest absolute Gasteiger partial charge is 0.481 e. The smallest absolute Gasteiger partial charge is 0.307 e. The normalized spacial score (nSPS) is 12.5. The number of carboxylic acids is 4. The van der Waals surface area contributed by atoms with Gasteiger partial charge in [-0.3, -0.25) is 57.5 Å². The molecule has 0 radical (unpaired) electrons. The average molecular weight is 1170 g/mol. The van der Waals surface area contributed by atoms with Crippen LogP contribution in [-0.2, 0) is 60.8 Å². The Bertz CT molecular complexity index is 3360. The first-order valence-corrected chi connectivity index (χ1v) is 27.5. The summed E-state index contributed by atoms with van der Waals surface area (Å²) < 4.78 is 0. The number of carbonyl (C=O) groups excluding carboxylic acids is 8. The summed E-state index contributed by atoms with van der Waals surface area (Å²) in [6.07, 6.45) is -2.27. The molecule has 0 saturated carbocycles. The van der Waals surface area contributed by atoms with E-state index in [-0.39, 0.29) is 43.9 Å². The van der Waals surface area contributed by atoms with Gasteiger partial charge in [-0.25, -0.2) is 0 Å². The summed E-state index contributed by atoms with van der Waals surface area (Å²) in [7, 11) is 1.58. The molecule has 86 heavy (non-hydrogen) atoms. The Kier molecular flexibility index (Phi) is 27.7. The number of hydrogen-bond donors (Lipinski definition) is 8. The van der Waals surface area contributed by atoms with E-state index in [9.17, 15) is 67.7 Å². The number of carbonyl (C=O) groups is 12. The predicted molar refractivity (Wildman–Crippen MR) is 315 cm³/mol. The molecule has 6 atom stereocenters. The Balaban J connectivity index is 0.000000459. The van der Waals surface area contributed by atoms with Crippen LogP contribution in [0.25, 0.3) is 0 Å². The first kappa shape index (κ1) is 68.2. The average Bonchev–Trinajstić information content (AvgIpc) is 3.71. The van der Waals surface area contributed by atoms with Crippen molar-refractivity contribution in [2.45, 2.75) is 90.6 Å². The molecule has 8 N–H and O–H groups in total. The maximum absolute atomic E-state index is 13.1. The zero-order chi connectivity index (χ0) is 63.3. The van der Waals surface area contributed by atoms with Crippen molar-refractivity contribution in [2.24, 2.45) is 23.7 Å². The summed E-state index contributed by atoms with van der Waals surface area (Å²) in [5.74, 6) is -1.10. The van der Waals surface area contributed by atoms with Gasteiger partial charge in [0.15, 0.2) is 17.3 Å². The van der Waals surface area contributed by atoms with Crippen LogP contribution >= 0.6 is 0 Å². The standard InChI is InChI=1S/C45H41N3O9.C21H27NO7/c1-29(42(53)48-39(25-34-6-4-3-5-7-34)40(50)26-37(45(56)57)27-41(51)52)24-38(49)28-47-44(55)36-22-18-33(19-23-36)15-13-31-10-8-30(9-11-31)12-14-32-16-20-35(21-17-32)43(54)46-2;1-3-16(23)9-13(2)20(27)22-17(10-14-7-5-4-6-8-14)18(24)11-15(21(28)29)12-19(25)26/h3-11,16-23,29,37,39H,24-28H2,1-2H3,(H,46,54)(H,47,55)(H,48,53)(H,51,52)(H,56,57);4-8,13,15,17H,3,9-12H2,1-2H3,(H,22,27)(H,25,26)(H,28,29)/t29-,37+,39+;13-,15+,17+/m11/s1. The highest BCUT2D eigenvalue weighted by Gasteiger charge is 2.32. The fourth-order valence-corrected chi connectivity index (χ4v) is 8.35. The van der Waals surface area contributed by atoms with Crippen LogP contribution in [-0.4, -0.2) is 117 Å². The van der Waals surface area contributed by atoms with Gasteiger partial charge >= 0.3 is 23.9 Å². The second kappa shape index (κ2) is 34.9. The molecule has 0 aromatic heterocycles. The van der Waals surface area contributed by atoms with Crippen molar-refractivity contribution in [3.8, 4) is 23.7 Å². The molecule has 5 aromatic rings. The molecule has 4 amide bonds. The fourth-order valence-electron chi connectivity index (χ4n) is 8.35. The van der Waals surface area contributed by atoms with E-state index in [0.29, 0.717) is 28.7 Å². The molecular weight excluding hydrogens is 1100 g/mol. The molecule has 0 aliphatic rings. The van der Waals surface area contributed by atoms with Gasteiger partial charge in [0.1, 0.15) is 5.78 Å². The Labute approximate surface area is 497 Å². The minimum Gasteiger partial charge on any atom is -0.481 e. The molecule has 0 spiro atoms. The van der Waals surface area contributed by atoms with Crippen LogP contribution in [0.3, 0.4) is 0 Å². The third kappa shape index (κ3) is 24.2. The van der Waals surface area contributed by atoms with Crippen LogP contribution in [0.15, 0.2) is 133 Å². The quantitative estimate of drug-likeness (QED) is 0.0259. The molecule has 0 heterocycles. The lowest BCUT2D eigenvalue weighted by molar-refractivity contribution is -0.149. The van der Waals surface area contributed by atoms with E-state index in [4.69, 9.17) is 10.2 Å². The lowest BCUT2D eigenvalue weighted by Gasteiger charge is -2.21. The number of hydrogen-bond acceptors (Lipinski definition) is 12. The lowest BCUT2D eigenvalue weighted by atomic mass is 9.92. The first-order chi connectivity index (χ1) is 40.9. The summed E-state index contributed by atoms with van der Waals surface area (Å²) in [4.78, 5) is 145. The number of carboxylic acid groups (broad SMARTS) is 4. The van der Waals surface area contributed by atoms with Gasteiger partial charge in [-0.15, -0.1) is 0 Å². The summed E-state index contributed by atoms with van der Waals surface area (Å²) in [6, 6.07) is 36.3. The van der Waals surface area contributed by atoms with Gasteiger partial charge in [0.05, 0.1) is 43.3 Å². The zero-order valence-electron chi connectivity index (χ0n) is 47.9. The third-order valence-electron chi connectivity index (χ3n) is 13.3. The van der Waals surface area contributed by atoms with E-state index in [2.05, 4.69) is 44.9 Å². The van der Waals surface area contributed by atoms with E-state index < -0.39 is 120 Å². The third-order valence-corrected chi connectivity index (χ3v) is 13.3. The number of nitrogens with one attached hydrogen (secondary N) is 4. The van der Waals surface area contributed by atoms with Crippen molar-refractivity contribution in [3.63, 3.8) is 0 Å². The van der Waals surface area contributed by atoms with Gasteiger partial charge in [-0.05, 0) is 96.8 Å². The summed E-state index contributed by atoms with van der Waals surface area (Å²) in [5, 5.41) is 46.9. The number of benzene rings is 5. The van der Waals surface area contributed by atoms with Crippen LogP contribution in [0.2, 0.25) is 0 Å². The Hall–Kier alpha value is -10.3. The van der Waals surface area contributed by atoms with E-state index in [0.717, 1.165) is 22.3 Å². The molecule has 0 aliphatic carbocycles. The van der Waals surface area contributed by atoms with Crippen molar-refractivity contribution in [3.05, 3.63) is 178 Å². The molecule has 0 saturated heterocycles. The molecule has 5 aromatic carbocycles. The number of ketones is 4. The SMILES string of the molecule is CCC(=O)C[C@@H](C)C(=O)N[C@@H](Cc1ccccc1)C(=O)C[C@@H](CC(=O)O)C(=O)O.CNC(=O)c1ccc(C#Cc2ccc(C#Cc3ccc(C(=O)NCC(=O)C[C@@H](C)C(=O)N[C@@H](Cc4ccccc4)C(=O)C[C@@H](CC(=O)O)C(=O)O)cc3)cc2)cc1. The first-order valence-electron chi connectivity index (χ1n) is 27.5. The summed E-state index contributed by atoms with van der Waals surface area (Å²) in [5.41, 5.74) is 5.30. The van der Waals surface area contributed by atoms with Crippen molar-refractivity contribution < 1.29 is 78.0 Å². The lowest BCUT2D eigenvalue weighted by Crippen LogP contribution is -2.46. The van der Waals surface area contributed by atoms with E-state index in [1.54, 1.807) is 130 Å². The van der Waals surface area contributed by atoms with Gasteiger partial charge in [0.2, 0.25) is 11.8 Å². The second-order valence-electron chi connectivity index (χ2n) is 20.2. The minimum atomic E-state index is -1.47. The van der Waals surface area contributed by atoms with Gasteiger partial charge in [0.25, 0.3) is 11.8 Å². The van der Waals surface area contributed by atoms with Crippen molar-refractivity contribution in [2.75, 3.05) is 13.6 Å². The van der Waals surface area contributed by atoms with E-state index in [1.165, 1.54) is 6.92 Å². The van der Waals surface area contributed by atoms with Crippen LogP contribution in [0, 0.1) is 47.4 Å². The number of amides is 4. The van der Waals surface area contributed by atoms with Crippen LogP contribution in [0.4, 0.5) is 0 Å². The molecule has 20 nitrogen and oxygen atoms in total. The Morgan fingerprint density at radius 3 is 1.09 bits per heavy atom. The van der Waals surface area contributed by atoms with Crippen LogP contribution in [0.5, 0.6) is 0 Å². The fraction of sp³-hybridized carbons (Fsp3) is 0.303. The minimum absolute atomic E-state index is 0.0372. The monoisotopic (exact) mass is 1170 g/mol. The van der Waals surface area contributed by atoms with Crippen molar-refractivity contribution in [1.82, 2.24) is 21.3 Å². The second-order valence-corrected chi connectivity index (χ2v) is 20.2. The topological polar surface area (TPSA) is 334 Å². The molecule has 20 heteroatoms. The zero-order valence-corrected chi connectivity index (χ0v) is 47.9. The maximum atomic E-state index is 13.1. The van der Waals surface area contributed by atoms with Gasteiger partial charge < -0.3 is 41.7 Å². The number of Topliss-reactive ketones (excluding diaryl/α,β-unsaturated/α-hetero) is 4. The Morgan fingerprint density at radius 1 is 0.430 bits per heavy atom. The van der Waals surface area contributed by atoms with Gasteiger partial charge in [-0.1, -0.05) is 105 Å². The van der Waals surface area contributed by atoms with Gasteiger partial charge in [0, 0.05) is 84.4 Å². The highest BCUT2D eigenvalue weighted by Crippen LogP contribution is 2.18. The van der Waals surface area contributed by atoms with Crippen molar-refractivity contribution in [1.29, 1.82) is 0 Å². The molecule has 5 rings (SSSR count). The molecule has 448 valence electrons. The molecule has 0 aliphatic heterocycles. The van der Waals surface area contributed by atoms with Crippen LogP contribution < -0.4 is 21.3 Å². The van der Waals surface area contributed by atoms with Crippen LogP contribution in [0.1, 0.15) is 120 Å². The van der Waals surface area contributed by atoms with E-state index >= 15 is 0 Å². The maximum Gasteiger partial charge on any atom is 0.307 e. The Morgan fingerprint density at radius 2 is 0.767 bits per heavy atom. The molecule has 0 bridgehead atoms.